The van der Waals surface area contributed by atoms with Gasteiger partial charge in [0.2, 0.25) is 0 Å². The smallest absolute Gasteiger partial charge is 0.0534 e. The fourth-order valence-corrected chi connectivity index (χ4v) is 3.59. The number of hydrogen-bond acceptors (Lipinski definition) is 4. The largest absolute Gasteiger partial charge is 0.296 e. The molecular formula is C15H22N4S. The minimum Gasteiger partial charge on any atom is -0.296 e. The van der Waals surface area contributed by atoms with E-state index in [2.05, 4.69) is 44.8 Å². The molecule has 2 aromatic rings. The van der Waals surface area contributed by atoms with E-state index in [1.807, 2.05) is 17.9 Å². The monoisotopic (exact) mass is 290 g/mol. The summed E-state index contributed by atoms with van der Waals surface area (Å²) in [6.45, 7) is 7.93. The fourth-order valence-electron chi connectivity index (χ4n) is 2.84. The third kappa shape index (κ3) is 3.11. The van der Waals surface area contributed by atoms with Crippen molar-refractivity contribution in [1.29, 1.82) is 0 Å². The first-order valence-corrected chi connectivity index (χ1v) is 8.12. The van der Waals surface area contributed by atoms with Crippen LogP contribution in [0.4, 0.5) is 0 Å². The third-order valence-electron chi connectivity index (χ3n) is 4.14. The molecule has 0 spiro atoms. The van der Waals surface area contributed by atoms with Gasteiger partial charge >= 0.3 is 0 Å². The first kappa shape index (κ1) is 13.8. The molecule has 108 valence electrons. The molecule has 1 atom stereocenters. The van der Waals surface area contributed by atoms with Crippen molar-refractivity contribution in [2.24, 2.45) is 7.05 Å². The Morgan fingerprint density at radius 1 is 1.30 bits per heavy atom. The van der Waals surface area contributed by atoms with Crippen LogP contribution in [0.2, 0.25) is 0 Å². The average molecular weight is 290 g/mol. The van der Waals surface area contributed by atoms with Crippen LogP contribution in [-0.2, 0) is 13.6 Å². The summed E-state index contributed by atoms with van der Waals surface area (Å²) in [6, 6.07) is 2.79. The van der Waals surface area contributed by atoms with E-state index < -0.39 is 0 Å². The normalized spacial score (nSPS) is 19.3. The lowest BCUT2D eigenvalue weighted by molar-refractivity contribution is 0.0980. The number of hydrogen-bond donors (Lipinski definition) is 0. The second kappa shape index (κ2) is 6.08. The number of aryl methyl sites for hydroxylation is 1. The van der Waals surface area contributed by atoms with E-state index >= 15 is 0 Å². The van der Waals surface area contributed by atoms with Crippen LogP contribution in [0.3, 0.4) is 0 Å². The molecule has 0 amide bonds. The highest BCUT2D eigenvalue weighted by molar-refractivity contribution is 7.07. The van der Waals surface area contributed by atoms with E-state index in [-0.39, 0.29) is 0 Å². The van der Waals surface area contributed by atoms with Gasteiger partial charge in [-0.1, -0.05) is 0 Å². The van der Waals surface area contributed by atoms with Gasteiger partial charge in [-0.25, -0.2) is 0 Å². The average Bonchev–Trinajstić information content (AvgIpc) is 3.11. The number of piperazine rings is 1. The van der Waals surface area contributed by atoms with Crippen LogP contribution >= 0.6 is 11.3 Å². The topological polar surface area (TPSA) is 24.3 Å². The van der Waals surface area contributed by atoms with E-state index in [9.17, 15) is 0 Å². The van der Waals surface area contributed by atoms with Gasteiger partial charge in [0.15, 0.2) is 0 Å². The third-order valence-corrected chi connectivity index (χ3v) is 4.85. The lowest BCUT2D eigenvalue weighted by atomic mass is 10.1. The zero-order valence-corrected chi connectivity index (χ0v) is 13.0. The Morgan fingerprint density at radius 2 is 2.10 bits per heavy atom. The summed E-state index contributed by atoms with van der Waals surface area (Å²) in [4.78, 5) is 5.11. The zero-order valence-electron chi connectivity index (χ0n) is 12.2. The summed E-state index contributed by atoms with van der Waals surface area (Å²) in [5, 5.41) is 8.68. The SMILES string of the molecule is C[C@H](c1ccsc1)N1CCN(Cc2cnn(C)c2)CC1. The highest BCUT2D eigenvalue weighted by Gasteiger charge is 2.22. The van der Waals surface area contributed by atoms with E-state index in [1.165, 1.54) is 11.1 Å². The van der Waals surface area contributed by atoms with Crippen molar-refractivity contribution < 1.29 is 0 Å². The number of nitrogens with zero attached hydrogens (tertiary/aromatic N) is 4. The summed E-state index contributed by atoms with van der Waals surface area (Å²) >= 11 is 1.79. The molecule has 3 rings (SSSR count). The number of thiophene rings is 1. The second-order valence-corrected chi connectivity index (χ2v) is 6.35. The molecule has 0 bridgehead atoms. The first-order chi connectivity index (χ1) is 9.72. The van der Waals surface area contributed by atoms with Gasteiger partial charge in [-0.2, -0.15) is 16.4 Å². The Bertz CT molecular complexity index is 526. The van der Waals surface area contributed by atoms with Crippen molar-refractivity contribution in [3.05, 3.63) is 40.3 Å². The molecule has 0 saturated carbocycles. The minimum absolute atomic E-state index is 0.543. The summed E-state index contributed by atoms with van der Waals surface area (Å²) < 4.78 is 1.88. The Kier molecular flexibility index (Phi) is 4.19. The molecule has 1 aliphatic heterocycles. The maximum absolute atomic E-state index is 4.24. The Hall–Kier alpha value is -1.17. The maximum atomic E-state index is 4.24. The van der Waals surface area contributed by atoms with Crippen LogP contribution in [0.25, 0.3) is 0 Å². The molecule has 0 N–H and O–H groups in total. The molecule has 0 unspecified atom stereocenters. The van der Waals surface area contributed by atoms with Gasteiger partial charge in [0.1, 0.15) is 0 Å². The van der Waals surface area contributed by atoms with Crippen molar-refractivity contribution >= 4 is 11.3 Å². The minimum atomic E-state index is 0.543. The predicted molar refractivity (Wildman–Crippen MR) is 82.8 cm³/mol. The molecule has 3 heterocycles. The highest BCUT2D eigenvalue weighted by atomic mass is 32.1. The maximum Gasteiger partial charge on any atom is 0.0534 e. The summed E-state index contributed by atoms with van der Waals surface area (Å²) in [5.74, 6) is 0. The Balaban J connectivity index is 1.52. The van der Waals surface area contributed by atoms with Crippen LogP contribution in [0.15, 0.2) is 29.2 Å². The van der Waals surface area contributed by atoms with Gasteiger partial charge in [0.25, 0.3) is 0 Å². The molecule has 1 fully saturated rings. The lowest BCUT2D eigenvalue weighted by Crippen LogP contribution is -2.46. The predicted octanol–water partition coefficient (Wildman–Crippen LogP) is 2.36. The van der Waals surface area contributed by atoms with Crippen LogP contribution < -0.4 is 0 Å². The van der Waals surface area contributed by atoms with Crippen LogP contribution in [0.1, 0.15) is 24.1 Å². The molecule has 1 aliphatic rings. The molecule has 0 aromatic carbocycles. The number of aromatic nitrogens is 2. The molecule has 5 heteroatoms. The van der Waals surface area contributed by atoms with Crippen LogP contribution in [-0.4, -0.2) is 45.8 Å². The first-order valence-electron chi connectivity index (χ1n) is 7.18. The van der Waals surface area contributed by atoms with E-state index in [4.69, 9.17) is 0 Å². The Morgan fingerprint density at radius 3 is 2.70 bits per heavy atom. The number of rotatable bonds is 4. The quantitative estimate of drug-likeness (QED) is 0.864. The van der Waals surface area contributed by atoms with Crippen molar-refractivity contribution in [2.75, 3.05) is 26.2 Å². The molecule has 0 aliphatic carbocycles. The lowest BCUT2D eigenvalue weighted by Gasteiger charge is -2.37. The van der Waals surface area contributed by atoms with Gasteiger partial charge in [0.05, 0.1) is 6.20 Å². The molecule has 0 radical (unpaired) electrons. The van der Waals surface area contributed by atoms with Crippen LogP contribution in [0.5, 0.6) is 0 Å². The van der Waals surface area contributed by atoms with E-state index in [0.29, 0.717) is 6.04 Å². The van der Waals surface area contributed by atoms with E-state index in [0.717, 1.165) is 32.7 Å². The van der Waals surface area contributed by atoms with Crippen molar-refractivity contribution in [1.82, 2.24) is 19.6 Å². The van der Waals surface area contributed by atoms with Gasteiger partial charge in [0, 0.05) is 57.6 Å². The van der Waals surface area contributed by atoms with Gasteiger partial charge in [-0.05, 0) is 29.3 Å². The van der Waals surface area contributed by atoms with E-state index in [1.54, 1.807) is 11.3 Å². The van der Waals surface area contributed by atoms with Crippen molar-refractivity contribution in [3.63, 3.8) is 0 Å². The molecule has 1 saturated heterocycles. The Labute approximate surface area is 124 Å². The standard InChI is InChI=1S/C15H22N4S/c1-13(15-3-8-20-12-15)19-6-4-18(5-7-19)11-14-9-16-17(2)10-14/h3,8-10,12-13H,4-7,11H2,1-2H3/t13-/m1/s1. The molecule has 20 heavy (non-hydrogen) atoms. The van der Waals surface area contributed by atoms with Crippen molar-refractivity contribution in [3.8, 4) is 0 Å². The molecular weight excluding hydrogens is 268 g/mol. The van der Waals surface area contributed by atoms with Crippen molar-refractivity contribution in [2.45, 2.75) is 19.5 Å². The fraction of sp³-hybridized carbons (Fsp3) is 0.533. The highest BCUT2D eigenvalue weighted by Crippen LogP contribution is 2.23. The zero-order chi connectivity index (χ0) is 13.9. The van der Waals surface area contributed by atoms with Gasteiger partial charge in [-0.15, -0.1) is 0 Å². The summed E-state index contributed by atoms with van der Waals surface area (Å²) in [5.41, 5.74) is 2.77. The molecule has 2 aromatic heterocycles. The van der Waals surface area contributed by atoms with Gasteiger partial charge < -0.3 is 0 Å². The van der Waals surface area contributed by atoms with Crippen LogP contribution in [0, 0.1) is 0 Å². The summed E-state index contributed by atoms with van der Waals surface area (Å²) in [6.07, 6.45) is 4.08. The van der Waals surface area contributed by atoms with Gasteiger partial charge in [-0.3, -0.25) is 14.5 Å². The summed E-state index contributed by atoms with van der Waals surface area (Å²) in [7, 11) is 1.98. The molecule has 4 nitrogen and oxygen atoms in total. The second-order valence-electron chi connectivity index (χ2n) is 5.57.